The fourth-order valence-electron chi connectivity index (χ4n) is 3.90. The van der Waals surface area contributed by atoms with E-state index in [4.69, 9.17) is 4.74 Å². The third-order valence-electron chi connectivity index (χ3n) is 5.57. The Labute approximate surface area is 186 Å². The summed E-state index contributed by atoms with van der Waals surface area (Å²) in [6.07, 6.45) is 7.61. The topological polar surface area (TPSA) is 74.3 Å². The number of allylic oxidation sites excluding steroid dienone is 1. The number of carbonyl (C=O) groups is 1. The van der Waals surface area contributed by atoms with E-state index in [1.165, 1.54) is 12.1 Å². The first-order chi connectivity index (χ1) is 15.6. The summed E-state index contributed by atoms with van der Waals surface area (Å²) in [5.41, 5.74) is 4.31. The van der Waals surface area contributed by atoms with Gasteiger partial charge in [-0.15, -0.1) is 0 Å². The lowest BCUT2D eigenvalue weighted by atomic mass is 9.93. The van der Waals surface area contributed by atoms with E-state index in [-0.39, 0.29) is 24.3 Å². The monoisotopic (exact) mass is 432 g/mol. The highest BCUT2D eigenvalue weighted by atomic mass is 19.1. The highest BCUT2D eigenvalue weighted by Crippen LogP contribution is 2.29. The number of ketones is 1. The number of hydrogen-bond acceptors (Lipinski definition) is 4. The van der Waals surface area contributed by atoms with Crippen molar-refractivity contribution < 1.29 is 19.0 Å². The number of aromatic nitrogens is 1. The van der Waals surface area contributed by atoms with Gasteiger partial charge in [0.25, 0.3) is 0 Å². The van der Waals surface area contributed by atoms with E-state index in [9.17, 15) is 14.3 Å². The zero-order valence-corrected chi connectivity index (χ0v) is 17.7. The van der Waals surface area contributed by atoms with Crippen molar-refractivity contribution in [2.45, 2.75) is 18.6 Å². The summed E-state index contributed by atoms with van der Waals surface area (Å²) < 4.78 is 18.9. The van der Waals surface area contributed by atoms with Crippen LogP contribution >= 0.6 is 0 Å². The number of benzene rings is 2. The van der Waals surface area contributed by atoms with E-state index < -0.39 is 6.04 Å². The third kappa shape index (κ3) is 4.72. The van der Waals surface area contributed by atoms with Crippen LogP contribution in [-0.2, 0) is 4.74 Å². The minimum Gasteiger partial charge on any atom is -0.392 e. The van der Waals surface area contributed by atoms with Gasteiger partial charge in [-0.1, -0.05) is 42.5 Å². The molecular formula is C26H25FN2O3. The Hall–Kier alpha value is -3.48. The van der Waals surface area contributed by atoms with Crippen molar-refractivity contribution in [3.63, 3.8) is 0 Å². The van der Waals surface area contributed by atoms with E-state index in [2.05, 4.69) is 10.3 Å². The molecule has 0 radical (unpaired) electrons. The number of hydrogen-bond donors (Lipinski definition) is 3. The molecule has 0 saturated carbocycles. The summed E-state index contributed by atoms with van der Waals surface area (Å²) in [6.45, 7) is -0.0741. The zero-order chi connectivity index (χ0) is 22.5. The van der Waals surface area contributed by atoms with Gasteiger partial charge < -0.3 is 20.1 Å². The molecule has 0 fully saturated rings. The lowest BCUT2D eigenvalue weighted by Crippen LogP contribution is -2.30. The maximum Gasteiger partial charge on any atom is 0.191 e. The van der Waals surface area contributed by atoms with Crippen molar-refractivity contribution in [1.82, 2.24) is 10.3 Å². The van der Waals surface area contributed by atoms with Gasteiger partial charge in [-0.05, 0) is 41.0 Å². The van der Waals surface area contributed by atoms with E-state index in [1.807, 2.05) is 42.5 Å². The average Bonchev–Trinajstić information content (AvgIpc) is 3.33. The Bertz CT molecular complexity index is 1130. The van der Waals surface area contributed by atoms with Crippen LogP contribution in [-0.4, -0.2) is 35.7 Å². The van der Waals surface area contributed by atoms with Crippen molar-refractivity contribution in [3.8, 4) is 11.1 Å². The molecule has 3 aromatic rings. The van der Waals surface area contributed by atoms with Gasteiger partial charge >= 0.3 is 0 Å². The number of carbonyl (C=O) groups excluding carboxylic acids is 1. The van der Waals surface area contributed by atoms with Crippen LogP contribution in [0.5, 0.6) is 0 Å². The maximum atomic E-state index is 13.8. The quantitative estimate of drug-likeness (QED) is 0.457. The molecule has 5 nitrogen and oxygen atoms in total. The molecule has 0 aliphatic heterocycles. The van der Waals surface area contributed by atoms with Gasteiger partial charge in [0.2, 0.25) is 0 Å². The summed E-state index contributed by atoms with van der Waals surface area (Å²) in [7, 11) is 1.62. The van der Waals surface area contributed by atoms with Gasteiger partial charge in [0.1, 0.15) is 11.9 Å². The molecule has 1 heterocycles. The number of H-pyrrole nitrogens is 1. The van der Waals surface area contributed by atoms with Crippen LogP contribution in [0.3, 0.4) is 0 Å². The molecule has 1 aromatic heterocycles. The predicted molar refractivity (Wildman–Crippen MR) is 122 cm³/mol. The normalized spacial score (nSPS) is 16.8. The number of Topliss-reactive ketones (excluding diaryl/α,β-unsaturated/α-hetero) is 1. The van der Waals surface area contributed by atoms with Crippen molar-refractivity contribution in [1.29, 1.82) is 0 Å². The Morgan fingerprint density at radius 2 is 1.94 bits per heavy atom. The first-order valence-electron chi connectivity index (χ1n) is 10.4. The maximum absolute atomic E-state index is 13.8. The van der Waals surface area contributed by atoms with Gasteiger partial charge in [-0.3, -0.25) is 4.79 Å². The first kappa shape index (κ1) is 21.7. The Morgan fingerprint density at radius 1 is 1.19 bits per heavy atom. The van der Waals surface area contributed by atoms with Crippen LogP contribution in [0.1, 0.15) is 28.4 Å². The van der Waals surface area contributed by atoms with E-state index >= 15 is 0 Å². The molecule has 1 aliphatic carbocycles. The van der Waals surface area contributed by atoms with Crippen LogP contribution in [0.4, 0.5) is 4.39 Å². The molecule has 2 unspecified atom stereocenters. The van der Waals surface area contributed by atoms with Crippen molar-refractivity contribution >= 4 is 5.78 Å². The minimum absolute atomic E-state index is 0.0741. The lowest BCUT2D eigenvalue weighted by molar-refractivity contribution is 0.0947. The average molecular weight is 432 g/mol. The molecule has 0 bridgehead atoms. The van der Waals surface area contributed by atoms with Crippen LogP contribution in [0.2, 0.25) is 0 Å². The number of aromatic amines is 1. The molecule has 6 heteroatoms. The number of halogens is 1. The van der Waals surface area contributed by atoms with Crippen LogP contribution in [0.15, 0.2) is 90.4 Å². The fraction of sp³-hybridized carbons (Fsp3) is 0.192. The van der Waals surface area contributed by atoms with E-state index in [0.717, 1.165) is 16.7 Å². The molecule has 2 aromatic carbocycles. The second-order valence-corrected chi connectivity index (χ2v) is 7.70. The van der Waals surface area contributed by atoms with Gasteiger partial charge in [0.05, 0.1) is 12.7 Å². The number of methoxy groups -OCH3 is 1. The summed E-state index contributed by atoms with van der Waals surface area (Å²) in [5.74, 6) is -0.458. The Balaban J connectivity index is 1.71. The molecule has 4 rings (SSSR count). The smallest absolute Gasteiger partial charge is 0.191 e. The minimum atomic E-state index is -0.663. The molecule has 0 spiro atoms. The first-order valence-corrected chi connectivity index (χ1v) is 10.4. The summed E-state index contributed by atoms with van der Waals surface area (Å²) in [5, 5.41) is 13.0. The van der Waals surface area contributed by atoms with Crippen LogP contribution in [0, 0.1) is 5.82 Å². The third-order valence-corrected chi connectivity index (χ3v) is 5.57. The number of aliphatic hydroxyl groups excluding tert-OH is 1. The molecule has 32 heavy (non-hydrogen) atoms. The second kappa shape index (κ2) is 9.77. The summed E-state index contributed by atoms with van der Waals surface area (Å²) >= 11 is 0. The Morgan fingerprint density at radius 3 is 2.62 bits per heavy atom. The fourth-order valence-corrected chi connectivity index (χ4v) is 3.90. The van der Waals surface area contributed by atoms with E-state index in [0.29, 0.717) is 23.2 Å². The zero-order valence-electron chi connectivity index (χ0n) is 17.7. The van der Waals surface area contributed by atoms with Crippen molar-refractivity contribution in [2.75, 3.05) is 13.7 Å². The van der Waals surface area contributed by atoms with E-state index in [1.54, 1.807) is 31.6 Å². The number of rotatable bonds is 8. The van der Waals surface area contributed by atoms with Gasteiger partial charge in [-0.2, -0.15) is 0 Å². The number of nitrogens with one attached hydrogen (secondary N) is 2. The molecule has 1 aliphatic rings. The van der Waals surface area contributed by atoms with Crippen LogP contribution in [0.25, 0.3) is 11.1 Å². The molecule has 164 valence electrons. The molecule has 0 saturated heterocycles. The summed E-state index contributed by atoms with van der Waals surface area (Å²) in [6, 6.07) is 14.9. The molecule has 3 N–H and O–H groups in total. The van der Waals surface area contributed by atoms with Gasteiger partial charge in [0, 0.05) is 42.7 Å². The lowest BCUT2D eigenvalue weighted by Gasteiger charge is -2.25. The van der Waals surface area contributed by atoms with Gasteiger partial charge in [-0.25, -0.2) is 4.39 Å². The summed E-state index contributed by atoms with van der Waals surface area (Å²) in [4.78, 5) is 16.8. The standard InChI is InChI=1S/C26H25FN2O3/c1-32-22-12-17(16-30)11-21(13-22)29-25(19-5-3-2-4-6-19)26(31)24-15-28-14-23(24)18-7-9-20(27)10-8-18/h2-11,13-15,22,25,28-30H,12,16H2,1H3. The number of aliphatic hydroxyl groups is 1. The highest BCUT2D eigenvalue weighted by molar-refractivity contribution is 6.06. The Kier molecular flexibility index (Phi) is 6.63. The SMILES string of the molecule is COC1C=C(NC(C(=O)c2c[nH]cc2-c2ccc(F)cc2)c2ccccc2)C=C(CO)C1. The number of ether oxygens (including phenoxy) is 1. The van der Waals surface area contributed by atoms with Gasteiger partial charge in [0.15, 0.2) is 5.78 Å². The largest absolute Gasteiger partial charge is 0.392 e. The molecule has 0 amide bonds. The predicted octanol–water partition coefficient (Wildman–Crippen LogP) is 4.56. The molecular weight excluding hydrogens is 407 g/mol. The molecule has 2 atom stereocenters. The van der Waals surface area contributed by atoms with Crippen molar-refractivity contribution in [2.24, 2.45) is 0 Å². The second-order valence-electron chi connectivity index (χ2n) is 7.70. The van der Waals surface area contributed by atoms with Crippen LogP contribution < -0.4 is 5.32 Å². The van der Waals surface area contributed by atoms with Crippen molar-refractivity contribution in [3.05, 3.63) is 107 Å². The highest BCUT2D eigenvalue weighted by Gasteiger charge is 2.27.